The van der Waals surface area contributed by atoms with E-state index in [0.29, 0.717) is 0 Å². The highest BCUT2D eigenvalue weighted by Gasteiger charge is 2.30. The molecule has 21 heavy (non-hydrogen) atoms. The van der Waals surface area contributed by atoms with E-state index in [2.05, 4.69) is 34.2 Å². The number of hydrogen-bond donors (Lipinski definition) is 1. The van der Waals surface area contributed by atoms with Crippen molar-refractivity contribution in [1.82, 2.24) is 0 Å². The Morgan fingerprint density at radius 3 is 2.81 bits per heavy atom. The maximum atomic E-state index is 12.6. The largest absolute Gasteiger partial charge is 0.326 e. The van der Waals surface area contributed by atoms with Crippen LogP contribution in [0.25, 0.3) is 0 Å². The summed E-state index contributed by atoms with van der Waals surface area (Å²) >= 11 is 3.47. The Morgan fingerprint density at radius 2 is 2.05 bits per heavy atom. The second-order valence-electron chi connectivity index (χ2n) is 5.45. The second kappa shape index (κ2) is 5.53. The van der Waals surface area contributed by atoms with E-state index in [9.17, 15) is 4.79 Å². The number of anilines is 2. The molecule has 0 saturated carbocycles. The van der Waals surface area contributed by atoms with Gasteiger partial charge in [0.05, 0.1) is 0 Å². The van der Waals surface area contributed by atoms with Crippen molar-refractivity contribution in [2.45, 2.75) is 26.3 Å². The monoisotopic (exact) mass is 344 g/mol. The molecule has 1 heterocycles. The van der Waals surface area contributed by atoms with Crippen LogP contribution in [-0.2, 0) is 6.42 Å². The number of nitrogens with zero attached hydrogens (tertiary/aromatic N) is 1. The summed E-state index contributed by atoms with van der Waals surface area (Å²) in [5.74, 6) is 0. The first-order valence-corrected chi connectivity index (χ1v) is 7.80. The van der Waals surface area contributed by atoms with Crippen molar-refractivity contribution in [3.8, 4) is 0 Å². The van der Waals surface area contributed by atoms with Crippen LogP contribution in [0.2, 0.25) is 0 Å². The topological polar surface area (TPSA) is 32.3 Å². The number of para-hydroxylation sites is 1. The van der Waals surface area contributed by atoms with Gasteiger partial charge in [0.15, 0.2) is 0 Å². The van der Waals surface area contributed by atoms with Crippen LogP contribution in [0.5, 0.6) is 0 Å². The first kappa shape index (κ1) is 14.1. The van der Waals surface area contributed by atoms with Gasteiger partial charge in [0.2, 0.25) is 0 Å². The number of fused-ring (bicyclic) bond motifs is 1. The summed E-state index contributed by atoms with van der Waals surface area (Å²) in [5.41, 5.74) is 4.16. The van der Waals surface area contributed by atoms with Gasteiger partial charge in [-0.15, -0.1) is 0 Å². The van der Waals surface area contributed by atoms with E-state index in [1.807, 2.05) is 48.2 Å². The molecule has 1 N–H and O–H groups in total. The highest BCUT2D eigenvalue weighted by atomic mass is 79.9. The predicted molar refractivity (Wildman–Crippen MR) is 90.0 cm³/mol. The molecule has 3 rings (SSSR count). The molecule has 2 amide bonds. The number of urea groups is 1. The van der Waals surface area contributed by atoms with Crippen LogP contribution in [-0.4, -0.2) is 12.1 Å². The lowest BCUT2D eigenvalue weighted by Gasteiger charge is -2.23. The van der Waals surface area contributed by atoms with Crippen molar-refractivity contribution in [2.75, 3.05) is 10.2 Å². The van der Waals surface area contributed by atoms with E-state index >= 15 is 0 Å². The fraction of sp³-hybridized carbons (Fsp3) is 0.235. The molecule has 1 atom stereocenters. The highest BCUT2D eigenvalue weighted by Crippen LogP contribution is 2.32. The molecule has 3 nitrogen and oxygen atoms in total. The van der Waals surface area contributed by atoms with Crippen molar-refractivity contribution in [1.29, 1.82) is 0 Å². The third-order valence-electron chi connectivity index (χ3n) is 3.84. The lowest BCUT2D eigenvalue weighted by molar-refractivity contribution is 0.256. The predicted octanol–water partition coefficient (Wildman–Crippen LogP) is 4.74. The molecule has 2 aromatic rings. The van der Waals surface area contributed by atoms with Gasteiger partial charge in [0.25, 0.3) is 0 Å². The fourth-order valence-corrected chi connectivity index (χ4v) is 3.03. The summed E-state index contributed by atoms with van der Waals surface area (Å²) in [6.07, 6.45) is 0.906. The average Bonchev–Trinajstić information content (AvgIpc) is 2.78. The van der Waals surface area contributed by atoms with Crippen LogP contribution in [0.15, 0.2) is 46.9 Å². The minimum absolute atomic E-state index is 0.0748. The van der Waals surface area contributed by atoms with E-state index in [4.69, 9.17) is 0 Å². The fourth-order valence-electron chi connectivity index (χ4n) is 2.78. The number of carbonyl (C=O) groups is 1. The Morgan fingerprint density at radius 1 is 1.29 bits per heavy atom. The molecule has 0 bridgehead atoms. The Hall–Kier alpha value is -1.81. The first-order chi connectivity index (χ1) is 10.1. The number of benzene rings is 2. The van der Waals surface area contributed by atoms with E-state index < -0.39 is 0 Å². The number of carbonyl (C=O) groups excluding carboxylic acids is 1. The van der Waals surface area contributed by atoms with Gasteiger partial charge in [-0.25, -0.2) is 4.79 Å². The summed E-state index contributed by atoms with van der Waals surface area (Å²) in [7, 11) is 0. The average molecular weight is 345 g/mol. The molecule has 0 aliphatic carbocycles. The summed E-state index contributed by atoms with van der Waals surface area (Å²) in [5, 5.41) is 2.99. The van der Waals surface area contributed by atoms with Crippen LogP contribution in [0.4, 0.5) is 16.2 Å². The summed E-state index contributed by atoms with van der Waals surface area (Å²) in [6.45, 7) is 4.08. The van der Waals surface area contributed by atoms with Gasteiger partial charge in [0, 0.05) is 21.9 Å². The third kappa shape index (κ3) is 2.68. The maximum absolute atomic E-state index is 12.6. The van der Waals surface area contributed by atoms with Crippen LogP contribution in [0, 0.1) is 6.92 Å². The van der Waals surface area contributed by atoms with Crippen molar-refractivity contribution in [3.63, 3.8) is 0 Å². The second-order valence-corrected chi connectivity index (χ2v) is 6.30. The van der Waals surface area contributed by atoms with Gasteiger partial charge in [-0.1, -0.05) is 34.1 Å². The van der Waals surface area contributed by atoms with Gasteiger partial charge in [0.1, 0.15) is 0 Å². The molecular formula is C17H17BrN2O. The van der Waals surface area contributed by atoms with Crippen LogP contribution in [0.3, 0.4) is 0 Å². The Bertz CT molecular complexity index is 699. The van der Waals surface area contributed by atoms with E-state index in [-0.39, 0.29) is 12.1 Å². The van der Waals surface area contributed by atoms with Gasteiger partial charge in [-0.05, 0) is 55.7 Å². The standard InChI is InChI=1S/C17H17BrN2O/c1-11-9-14(7-8-15(11)18)19-17(21)20-12(2)10-13-5-3-4-6-16(13)20/h3-9,12H,10H2,1-2H3,(H,19,21). The SMILES string of the molecule is Cc1cc(NC(=O)N2c3ccccc3CC2C)ccc1Br. The van der Waals surface area contributed by atoms with Gasteiger partial charge in [-0.2, -0.15) is 0 Å². The Balaban J connectivity index is 1.84. The van der Waals surface area contributed by atoms with Crippen molar-refractivity contribution < 1.29 is 4.79 Å². The number of aryl methyl sites for hydroxylation is 1. The molecule has 1 aliphatic rings. The quantitative estimate of drug-likeness (QED) is 0.795. The molecule has 0 spiro atoms. The van der Waals surface area contributed by atoms with Crippen LogP contribution >= 0.6 is 15.9 Å². The maximum Gasteiger partial charge on any atom is 0.326 e. The number of rotatable bonds is 1. The number of halogens is 1. The van der Waals surface area contributed by atoms with E-state index in [0.717, 1.165) is 27.8 Å². The number of nitrogens with one attached hydrogen (secondary N) is 1. The third-order valence-corrected chi connectivity index (χ3v) is 4.73. The molecule has 2 aromatic carbocycles. The van der Waals surface area contributed by atoms with Gasteiger partial charge in [-0.3, -0.25) is 4.90 Å². The molecule has 108 valence electrons. The minimum atomic E-state index is -0.0748. The molecule has 1 unspecified atom stereocenters. The zero-order valence-corrected chi connectivity index (χ0v) is 13.6. The van der Waals surface area contributed by atoms with Crippen LogP contribution < -0.4 is 10.2 Å². The molecule has 0 radical (unpaired) electrons. The summed E-state index contributed by atoms with van der Waals surface area (Å²) in [6, 6.07) is 14.0. The molecule has 1 aliphatic heterocycles. The smallest absolute Gasteiger partial charge is 0.308 e. The molecule has 0 saturated heterocycles. The number of hydrogen-bond acceptors (Lipinski definition) is 1. The Kier molecular flexibility index (Phi) is 3.72. The highest BCUT2D eigenvalue weighted by molar-refractivity contribution is 9.10. The van der Waals surface area contributed by atoms with Crippen LogP contribution in [0.1, 0.15) is 18.1 Å². The van der Waals surface area contributed by atoms with Crippen molar-refractivity contribution in [2.24, 2.45) is 0 Å². The first-order valence-electron chi connectivity index (χ1n) is 7.00. The van der Waals surface area contributed by atoms with Crippen molar-refractivity contribution >= 4 is 33.3 Å². The van der Waals surface area contributed by atoms with E-state index in [1.54, 1.807) is 0 Å². The van der Waals surface area contributed by atoms with E-state index in [1.165, 1.54) is 5.56 Å². The lowest BCUT2D eigenvalue weighted by atomic mass is 10.1. The molecule has 0 fully saturated rings. The molecule has 0 aromatic heterocycles. The zero-order valence-electron chi connectivity index (χ0n) is 12.1. The number of amides is 2. The van der Waals surface area contributed by atoms with Crippen molar-refractivity contribution in [3.05, 3.63) is 58.1 Å². The van der Waals surface area contributed by atoms with Gasteiger partial charge >= 0.3 is 6.03 Å². The lowest BCUT2D eigenvalue weighted by Crippen LogP contribution is -2.39. The van der Waals surface area contributed by atoms with Gasteiger partial charge < -0.3 is 5.32 Å². The molecular weight excluding hydrogens is 328 g/mol. The Labute approximate surface area is 133 Å². The normalized spacial score (nSPS) is 16.7. The molecule has 4 heteroatoms. The zero-order chi connectivity index (χ0) is 15.0. The minimum Gasteiger partial charge on any atom is -0.308 e. The summed E-state index contributed by atoms with van der Waals surface area (Å²) < 4.78 is 1.04. The summed E-state index contributed by atoms with van der Waals surface area (Å²) in [4.78, 5) is 14.4.